The quantitative estimate of drug-likeness (QED) is 0.120. The van der Waals surface area contributed by atoms with Gasteiger partial charge in [0.25, 0.3) is 23.3 Å². The van der Waals surface area contributed by atoms with Gasteiger partial charge in [-0.3, -0.25) is 14.4 Å². The summed E-state index contributed by atoms with van der Waals surface area (Å²) in [6, 6.07) is 11.4. The third-order valence-electron chi connectivity index (χ3n) is 8.91. The number of hydrogen-bond donors (Lipinski definition) is 3. The maximum absolute atomic E-state index is 13.8. The molecule has 1 saturated heterocycles. The molecule has 2 fully saturated rings. The van der Waals surface area contributed by atoms with Crippen molar-refractivity contribution in [2.45, 2.75) is 82.0 Å². The summed E-state index contributed by atoms with van der Waals surface area (Å²) >= 11 is 4.66. The first-order valence-electron chi connectivity index (χ1n) is 17.1. The highest BCUT2D eigenvalue weighted by atomic mass is 32.1. The molecule has 50 heavy (non-hydrogen) atoms. The summed E-state index contributed by atoms with van der Waals surface area (Å²) in [5.74, 6) is -3.82. The van der Waals surface area contributed by atoms with Gasteiger partial charge in [0.15, 0.2) is 0 Å². The molecule has 1 saturated carbocycles. The fourth-order valence-corrected chi connectivity index (χ4v) is 6.38. The number of anilines is 1. The average molecular weight is 707 g/mol. The number of nitrogens with one attached hydrogen (secondary N) is 2. The minimum Gasteiger partial charge on any atom is -0.385 e. The maximum atomic E-state index is 13.8. The number of amides is 2. The van der Waals surface area contributed by atoms with Gasteiger partial charge < -0.3 is 24.8 Å². The molecular weight excluding hydrogens is 663 g/mol. The van der Waals surface area contributed by atoms with Crippen LogP contribution in [-0.2, 0) is 11.3 Å². The molecule has 0 radical (unpaired) electrons. The van der Waals surface area contributed by atoms with Crippen LogP contribution in [0.1, 0.15) is 102 Å². The van der Waals surface area contributed by atoms with Crippen LogP contribution in [0.2, 0.25) is 0 Å². The Morgan fingerprint density at radius 3 is 2.52 bits per heavy atom. The molecule has 2 N–H and O–H groups in total. The average Bonchev–Trinajstić information content (AvgIpc) is 3.93. The molecule has 3 aromatic rings. The van der Waals surface area contributed by atoms with Crippen molar-refractivity contribution < 1.29 is 23.1 Å². The van der Waals surface area contributed by atoms with Crippen molar-refractivity contribution in [3.8, 4) is 17.2 Å². The molecule has 5 rings (SSSR count). The van der Waals surface area contributed by atoms with E-state index in [9.17, 15) is 28.4 Å². The van der Waals surface area contributed by atoms with Crippen molar-refractivity contribution in [2.24, 2.45) is 0 Å². The summed E-state index contributed by atoms with van der Waals surface area (Å²) in [6.07, 6.45) is 7.43. The fourth-order valence-electron chi connectivity index (χ4n) is 6.02. The van der Waals surface area contributed by atoms with Crippen molar-refractivity contribution >= 4 is 30.3 Å². The van der Waals surface area contributed by atoms with Crippen LogP contribution in [0.15, 0.2) is 47.4 Å². The van der Waals surface area contributed by atoms with E-state index in [-0.39, 0.29) is 34.5 Å². The van der Waals surface area contributed by atoms with Gasteiger partial charge in [-0.25, -0.2) is 13.8 Å². The Bertz CT molecular complexity index is 1810. The van der Waals surface area contributed by atoms with Crippen LogP contribution in [0.4, 0.5) is 14.6 Å². The van der Waals surface area contributed by atoms with E-state index in [1.807, 2.05) is 26.0 Å². The molecule has 266 valence electrons. The van der Waals surface area contributed by atoms with Crippen LogP contribution in [0, 0.1) is 11.3 Å². The zero-order valence-corrected chi connectivity index (χ0v) is 29.6. The van der Waals surface area contributed by atoms with Crippen LogP contribution < -0.4 is 16.2 Å². The lowest BCUT2D eigenvalue weighted by Gasteiger charge is -2.39. The molecule has 1 atom stereocenters. The smallest absolute Gasteiger partial charge is 0.282 e. The first kappa shape index (κ1) is 37.1. The molecule has 10 nitrogen and oxygen atoms in total. The Morgan fingerprint density at radius 2 is 1.86 bits per heavy atom. The van der Waals surface area contributed by atoms with Crippen LogP contribution in [0.3, 0.4) is 0 Å². The number of carbonyl (C=O) groups is 2. The third-order valence-corrected chi connectivity index (χ3v) is 9.43. The van der Waals surface area contributed by atoms with E-state index < -0.39 is 36.4 Å². The van der Waals surface area contributed by atoms with Gasteiger partial charge >= 0.3 is 0 Å². The lowest BCUT2D eigenvalue weighted by molar-refractivity contribution is -0.113. The number of aromatic nitrogens is 2. The SMILES string of the molecule is COCCCC(S)CCCNCc1cc(C(=O)Nc2cc(-c3ccc(C#N)cc3C(=O)N3CC(F)(F)C3)cc(C3CC3)n2)c(=O)n(C(C)C)c1. The van der Waals surface area contributed by atoms with E-state index >= 15 is 0 Å². The van der Waals surface area contributed by atoms with Crippen molar-refractivity contribution in [2.75, 3.05) is 38.7 Å². The molecule has 0 spiro atoms. The van der Waals surface area contributed by atoms with Gasteiger partial charge in [-0.05, 0) is 106 Å². The molecular formula is C37H44F2N6O4S. The number of halogens is 2. The number of nitrogens with zero attached hydrogens (tertiary/aromatic N) is 4. The first-order valence-corrected chi connectivity index (χ1v) is 17.6. The minimum atomic E-state index is -2.95. The highest BCUT2D eigenvalue weighted by Crippen LogP contribution is 2.41. The predicted molar refractivity (Wildman–Crippen MR) is 191 cm³/mol. The van der Waals surface area contributed by atoms with Gasteiger partial charge in [0.1, 0.15) is 11.4 Å². The number of hydrogen-bond acceptors (Lipinski definition) is 8. The Labute approximate surface area is 296 Å². The highest BCUT2D eigenvalue weighted by Gasteiger charge is 2.46. The van der Waals surface area contributed by atoms with Crippen LogP contribution >= 0.6 is 12.6 Å². The van der Waals surface area contributed by atoms with Crippen LogP contribution in [-0.4, -0.2) is 70.8 Å². The largest absolute Gasteiger partial charge is 0.385 e. The number of likely N-dealkylation sites (tertiary alicyclic amines) is 1. The summed E-state index contributed by atoms with van der Waals surface area (Å²) in [7, 11) is 1.69. The first-order chi connectivity index (χ1) is 23.9. The summed E-state index contributed by atoms with van der Waals surface area (Å²) in [5, 5.41) is 16.0. The van der Waals surface area contributed by atoms with Gasteiger partial charge in [0, 0.05) is 54.9 Å². The second-order valence-corrected chi connectivity index (χ2v) is 14.2. The standard InChI is InChI=1S/C37H44F2N6O4S/c1-23(2)45-20-25(19-41-12-4-6-28(50)7-5-13-49-3)15-31(36(45)48)34(46)43-33-17-27(16-32(42-33)26-9-10-26)29-11-8-24(18-40)14-30(29)35(47)44-21-37(38,39)22-44/h8,11,14-17,20,23,26,28,41,50H,4-7,9-10,12-13,19,21-22H2,1-3H3,(H,42,43,46). The number of benzene rings is 1. The van der Waals surface area contributed by atoms with E-state index in [1.54, 1.807) is 42.1 Å². The normalized spacial score (nSPS) is 15.8. The van der Waals surface area contributed by atoms with E-state index in [1.165, 1.54) is 6.07 Å². The monoisotopic (exact) mass is 706 g/mol. The Balaban J connectivity index is 1.37. The second-order valence-electron chi connectivity index (χ2n) is 13.5. The number of carbonyl (C=O) groups excluding carboxylic acids is 2. The van der Waals surface area contributed by atoms with E-state index in [4.69, 9.17) is 4.74 Å². The molecule has 2 amide bonds. The Morgan fingerprint density at radius 1 is 1.12 bits per heavy atom. The molecule has 1 aliphatic carbocycles. The number of pyridine rings is 2. The minimum absolute atomic E-state index is 0.0281. The molecule has 13 heteroatoms. The van der Waals surface area contributed by atoms with Crippen molar-refractivity contribution in [1.29, 1.82) is 5.26 Å². The van der Waals surface area contributed by atoms with E-state index in [0.29, 0.717) is 28.6 Å². The zero-order valence-electron chi connectivity index (χ0n) is 28.7. The Hall–Kier alpha value is -4.12. The van der Waals surface area contributed by atoms with E-state index in [2.05, 4.69) is 28.2 Å². The van der Waals surface area contributed by atoms with Crippen LogP contribution in [0.5, 0.6) is 0 Å². The molecule has 3 heterocycles. The lowest BCUT2D eigenvalue weighted by atomic mass is 9.95. The zero-order chi connectivity index (χ0) is 36.0. The fraction of sp³-hybridized carbons (Fsp3) is 0.486. The summed E-state index contributed by atoms with van der Waals surface area (Å²) in [4.78, 5) is 46.3. The Kier molecular flexibility index (Phi) is 12.1. The summed E-state index contributed by atoms with van der Waals surface area (Å²) in [6.45, 7) is 4.31. The van der Waals surface area contributed by atoms with E-state index in [0.717, 1.165) is 62.1 Å². The molecule has 2 aliphatic rings. The number of rotatable bonds is 16. The van der Waals surface area contributed by atoms with Crippen LogP contribution in [0.25, 0.3) is 11.1 Å². The number of alkyl halides is 2. The molecule has 2 aromatic heterocycles. The summed E-state index contributed by atoms with van der Waals surface area (Å²) < 4.78 is 34.0. The highest BCUT2D eigenvalue weighted by molar-refractivity contribution is 7.80. The van der Waals surface area contributed by atoms with Crippen molar-refractivity contribution in [3.05, 3.63) is 80.9 Å². The van der Waals surface area contributed by atoms with Gasteiger partial charge in [0.2, 0.25) is 0 Å². The molecule has 1 aromatic carbocycles. The lowest BCUT2D eigenvalue weighted by Crippen LogP contribution is -2.58. The molecule has 0 bridgehead atoms. The number of thiol groups is 1. The van der Waals surface area contributed by atoms with Gasteiger partial charge in [-0.15, -0.1) is 0 Å². The third kappa shape index (κ3) is 9.35. The topological polar surface area (TPSA) is 129 Å². The number of methoxy groups -OCH3 is 1. The number of ether oxygens (including phenoxy) is 1. The predicted octanol–water partition coefficient (Wildman–Crippen LogP) is 6.18. The van der Waals surface area contributed by atoms with Crippen molar-refractivity contribution in [3.63, 3.8) is 0 Å². The molecule has 1 unspecified atom stereocenters. The second kappa shape index (κ2) is 16.3. The summed E-state index contributed by atoms with van der Waals surface area (Å²) in [5.41, 5.74) is 2.32. The maximum Gasteiger partial charge on any atom is 0.282 e. The van der Waals surface area contributed by atoms with Gasteiger partial charge in [0.05, 0.1) is 24.7 Å². The molecule has 1 aliphatic heterocycles. The van der Waals surface area contributed by atoms with Crippen molar-refractivity contribution in [1.82, 2.24) is 19.8 Å². The van der Waals surface area contributed by atoms with Gasteiger partial charge in [-0.1, -0.05) is 6.07 Å². The number of nitriles is 1. The van der Waals surface area contributed by atoms with Gasteiger partial charge in [-0.2, -0.15) is 17.9 Å².